The Balaban J connectivity index is 1.82. The van der Waals surface area contributed by atoms with Crippen molar-refractivity contribution in [3.8, 4) is 5.75 Å². The molecule has 1 aromatic carbocycles. The van der Waals surface area contributed by atoms with Crippen molar-refractivity contribution < 1.29 is 4.74 Å². The molecule has 1 heterocycles. The number of hydrogen-bond donors (Lipinski definition) is 1. The van der Waals surface area contributed by atoms with E-state index in [1.165, 1.54) is 0 Å². The lowest BCUT2D eigenvalue weighted by atomic mass is 10.3. The van der Waals surface area contributed by atoms with E-state index in [9.17, 15) is 0 Å². The fraction of sp³-hybridized carbons (Fsp3) is 0.385. The Hall–Kier alpha value is -1.11. The van der Waals surface area contributed by atoms with Crippen LogP contribution in [0.15, 0.2) is 28.9 Å². The molecule has 108 valence electrons. The second-order valence-corrected chi connectivity index (χ2v) is 5.50. The third-order valence-electron chi connectivity index (χ3n) is 2.61. The van der Waals surface area contributed by atoms with E-state index in [2.05, 4.69) is 38.5 Å². The first-order valence-corrected chi connectivity index (χ1v) is 7.53. The molecule has 20 heavy (non-hydrogen) atoms. The minimum absolute atomic E-state index is 0.491. The van der Waals surface area contributed by atoms with Crippen LogP contribution >= 0.6 is 27.5 Å². The molecule has 0 saturated heterocycles. The van der Waals surface area contributed by atoms with Gasteiger partial charge in [0.05, 0.1) is 17.3 Å². The molecule has 0 aliphatic heterocycles. The Bertz CT molecular complexity index is 561. The lowest BCUT2D eigenvalue weighted by molar-refractivity contribution is 0.290. The highest BCUT2D eigenvalue weighted by molar-refractivity contribution is 9.10. The summed E-state index contributed by atoms with van der Waals surface area (Å²) in [6.07, 6.45) is 1.91. The Kier molecular flexibility index (Phi) is 5.82. The number of nitrogens with one attached hydrogen (secondary N) is 1. The second kappa shape index (κ2) is 7.61. The van der Waals surface area contributed by atoms with Crippen molar-refractivity contribution in [1.29, 1.82) is 0 Å². The van der Waals surface area contributed by atoms with Crippen LogP contribution in [0.5, 0.6) is 5.75 Å². The largest absolute Gasteiger partial charge is 0.490 e. The van der Waals surface area contributed by atoms with E-state index < -0.39 is 0 Å². The summed E-state index contributed by atoms with van der Waals surface area (Å²) in [4.78, 5) is 0. The van der Waals surface area contributed by atoms with Gasteiger partial charge in [0, 0.05) is 17.2 Å². The van der Waals surface area contributed by atoms with Gasteiger partial charge in [0.15, 0.2) is 0 Å². The van der Waals surface area contributed by atoms with Crippen molar-refractivity contribution in [3.05, 3.63) is 39.6 Å². The van der Waals surface area contributed by atoms with Gasteiger partial charge >= 0.3 is 0 Å². The van der Waals surface area contributed by atoms with Crippen molar-refractivity contribution in [3.63, 3.8) is 0 Å². The van der Waals surface area contributed by atoms with Gasteiger partial charge in [0.25, 0.3) is 0 Å². The van der Waals surface area contributed by atoms with Crippen molar-refractivity contribution in [2.45, 2.75) is 20.0 Å². The van der Waals surface area contributed by atoms with Crippen LogP contribution in [0.4, 0.5) is 0 Å². The SMILES string of the molecule is CCNCc1cn(CCOc2ccc(Br)cc2Cl)nn1. The molecule has 0 amide bonds. The summed E-state index contributed by atoms with van der Waals surface area (Å²) in [6, 6.07) is 5.54. The highest BCUT2D eigenvalue weighted by atomic mass is 79.9. The Morgan fingerprint density at radius 3 is 3.05 bits per heavy atom. The molecule has 2 aromatic rings. The second-order valence-electron chi connectivity index (χ2n) is 4.18. The van der Waals surface area contributed by atoms with E-state index in [-0.39, 0.29) is 0 Å². The summed E-state index contributed by atoms with van der Waals surface area (Å²) in [5.74, 6) is 0.669. The summed E-state index contributed by atoms with van der Waals surface area (Å²) in [5, 5.41) is 11.9. The van der Waals surface area contributed by atoms with E-state index in [1.54, 1.807) is 10.7 Å². The highest BCUT2D eigenvalue weighted by Gasteiger charge is 2.03. The van der Waals surface area contributed by atoms with Crippen molar-refractivity contribution in [2.75, 3.05) is 13.2 Å². The van der Waals surface area contributed by atoms with Crippen LogP contribution in [-0.4, -0.2) is 28.1 Å². The fourth-order valence-electron chi connectivity index (χ4n) is 1.62. The summed E-state index contributed by atoms with van der Waals surface area (Å²) in [5.41, 5.74) is 0.925. The van der Waals surface area contributed by atoms with Crippen LogP contribution in [0, 0.1) is 0 Å². The molecule has 1 aromatic heterocycles. The van der Waals surface area contributed by atoms with Gasteiger partial charge < -0.3 is 10.1 Å². The lowest BCUT2D eigenvalue weighted by Crippen LogP contribution is -2.12. The van der Waals surface area contributed by atoms with E-state index in [0.717, 1.165) is 23.3 Å². The molecule has 0 spiro atoms. The van der Waals surface area contributed by atoms with E-state index in [4.69, 9.17) is 16.3 Å². The van der Waals surface area contributed by atoms with Crippen LogP contribution < -0.4 is 10.1 Å². The topological polar surface area (TPSA) is 52.0 Å². The first-order valence-electron chi connectivity index (χ1n) is 6.36. The molecule has 7 heteroatoms. The van der Waals surface area contributed by atoms with Gasteiger partial charge in [0.1, 0.15) is 12.4 Å². The highest BCUT2D eigenvalue weighted by Crippen LogP contribution is 2.27. The van der Waals surface area contributed by atoms with Gasteiger partial charge in [-0.1, -0.05) is 39.7 Å². The maximum atomic E-state index is 6.07. The smallest absolute Gasteiger partial charge is 0.138 e. The van der Waals surface area contributed by atoms with Crippen molar-refractivity contribution in [2.24, 2.45) is 0 Å². The number of benzene rings is 1. The number of rotatable bonds is 7. The molecule has 0 aliphatic carbocycles. The molecule has 0 saturated carbocycles. The molecular weight excluding hydrogens is 344 g/mol. The van der Waals surface area contributed by atoms with Gasteiger partial charge in [-0.05, 0) is 24.7 Å². The summed E-state index contributed by atoms with van der Waals surface area (Å²) in [6.45, 7) is 4.82. The maximum absolute atomic E-state index is 6.07. The quantitative estimate of drug-likeness (QED) is 0.826. The average molecular weight is 360 g/mol. The Morgan fingerprint density at radius 2 is 2.30 bits per heavy atom. The normalized spacial score (nSPS) is 10.8. The third-order valence-corrected chi connectivity index (χ3v) is 3.40. The zero-order valence-corrected chi connectivity index (χ0v) is 13.5. The van der Waals surface area contributed by atoms with Crippen LogP contribution in [0.2, 0.25) is 5.02 Å². The minimum atomic E-state index is 0.491. The first-order chi connectivity index (χ1) is 9.69. The lowest BCUT2D eigenvalue weighted by Gasteiger charge is -2.07. The number of halogens is 2. The monoisotopic (exact) mass is 358 g/mol. The molecule has 2 rings (SSSR count). The standard InChI is InChI=1S/C13H16BrClN4O/c1-2-16-8-11-9-19(18-17-11)5-6-20-13-4-3-10(14)7-12(13)15/h3-4,7,9,16H,2,5-6,8H2,1H3. The van der Waals surface area contributed by atoms with Crippen molar-refractivity contribution in [1.82, 2.24) is 20.3 Å². The molecule has 0 atom stereocenters. The molecule has 1 N–H and O–H groups in total. The summed E-state index contributed by atoms with van der Waals surface area (Å²) < 4.78 is 8.32. The molecule has 5 nitrogen and oxygen atoms in total. The van der Waals surface area contributed by atoms with Gasteiger partial charge in [-0.3, -0.25) is 0 Å². The number of hydrogen-bond acceptors (Lipinski definition) is 4. The number of ether oxygens (including phenoxy) is 1. The predicted octanol–water partition coefficient (Wildman–Crippen LogP) is 2.88. The van der Waals surface area contributed by atoms with Gasteiger partial charge in [-0.25, -0.2) is 4.68 Å². The minimum Gasteiger partial charge on any atom is -0.490 e. The third kappa shape index (κ3) is 4.47. The number of nitrogens with zero attached hydrogens (tertiary/aromatic N) is 3. The van der Waals surface area contributed by atoms with Crippen LogP contribution in [0.25, 0.3) is 0 Å². The first kappa shape index (κ1) is 15.3. The van der Waals surface area contributed by atoms with Crippen LogP contribution in [0.1, 0.15) is 12.6 Å². The van der Waals surface area contributed by atoms with Crippen LogP contribution in [0.3, 0.4) is 0 Å². The maximum Gasteiger partial charge on any atom is 0.138 e. The molecule has 0 aliphatic rings. The Morgan fingerprint density at radius 1 is 1.45 bits per heavy atom. The van der Waals surface area contributed by atoms with Crippen molar-refractivity contribution >= 4 is 27.5 Å². The molecule has 0 fully saturated rings. The molecule has 0 bridgehead atoms. The van der Waals surface area contributed by atoms with E-state index in [1.807, 2.05) is 18.3 Å². The fourth-order valence-corrected chi connectivity index (χ4v) is 2.35. The average Bonchev–Trinajstić information content (AvgIpc) is 2.87. The summed E-state index contributed by atoms with van der Waals surface area (Å²) in [7, 11) is 0. The van der Waals surface area contributed by atoms with E-state index >= 15 is 0 Å². The summed E-state index contributed by atoms with van der Waals surface area (Å²) >= 11 is 9.43. The Labute approximate surface area is 131 Å². The molecule has 0 unspecified atom stereocenters. The van der Waals surface area contributed by atoms with E-state index in [0.29, 0.717) is 23.9 Å². The zero-order chi connectivity index (χ0) is 14.4. The van der Waals surface area contributed by atoms with Crippen LogP contribution in [-0.2, 0) is 13.1 Å². The molecular formula is C13H16BrClN4O. The van der Waals surface area contributed by atoms with Gasteiger partial charge in [-0.2, -0.15) is 0 Å². The van der Waals surface area contributed by atoms with Gasteiger partial charge in [0.2, 0.25) is 0 Å². The molecule has 0 radical (unpaired) electrons. The predicted molar refractivity (Wildman–Crippen MR) is 82.0 cm³/mol. The number of aromatic nitrogens is 3. The van der Waals surface area contributed by atoms with Gasteiger partial charge in [-0.15, -0.1) is 5.10 Å². The zero-order valence-electron chi connectivity index (χ0n) is 11.1.